The van der Waals surface area contributed by atoms with E-state index in [0.717, 1.165) is 24.2 Å². The van der Waals surface area contributed by atoms with Crippen LogP contribution in [0, 0.1) is 0 Å². The molecule has 0 saturated carbocycles. The zero-order chi connectivity index (χ0) is 14.5. The quantitative estimate of drug-likeness (QED) is 0.805. The molecule has 0 fully saturated rings. The van der Waals surface area contributed by atoms with Gasteiger partial charge in [0, 0.05) is 22.8 Å². The van der Waals surface area contributed by atoms with Gasteiger partial charge >= 0.3 is 0 Å². The van der Waals surface area contributed by atoms with Crippen molar-refractivity contribution < 1.29 is 0 Å². The Morgan fingerprint density at radius 1 is 0.762 bits per heavy atom. The second-order valence-corrected chi connectivity index (χ2v) is 5.24. The van der Waals surface area contributed by atoms with Crippen LogP contribution in [-0.4, -0.2) is 0 Å². The topological polar surface area (TPSA) is 24.1 Å². The van der Waals surface area contributed by atoms with Crippen LogP contribution >= 0.6 is 0 Å². The lowest BCUT2D eigenvalue weighted by Gasteiger charge is -2.22. The summed E-state index contributed by atoms with van der Waals surface area (Å²) in [6, 6.07) is 20.7. The number of hydrogen-bond acceptors (Lipinski definition) is 2. The van der Waals surface area contributed by atoms with Gasteiger partial charge in [0.15, 0.2) is 0 Å². The van der Waals surface area contributed by atoms with Crippen molar-refractivity contribution in [1.29, 1.82) is 0 Å². The number of allylic oxidation sites excluding steroid dienone is 3. The molecule has 0 heterocycles. The monoisotopic (exact) mass is 276 g/mol. The van der Waals surface area contributed by atoms with E-state index in [1.807, 2.05) is 24.3 Å². The van der Waals surface area contributed by atoms with Gasteiger partial charge in [-0.15, -0.1) is 0 Å². The number of benzene rings is 2. The fraction of sp³-hybridized carbons (Fsp3) is 0.158. The third kappa shape index (κ3) is 3.34. The maximum atomic E-state index is 3.55. The Labute approximate surface area is 126 Å². The van der Waals surface area contributed by atoms with Crippen molar-refractivity contribution >= 4 is 11.4 Å². The lowest BCUT2D eigenvalue weighted by Crippen LogP contribution is -2.12. The van der Waals surface area contributed by atoms with Gasteiger partial charge in [-0.3, -0.25) is 0 Å². The smallest absolute Gasteiger partial charge is 0.0391 e. The molecule has 2 aromatic carbocycles. The summed E-state index contributed by atoms with van der Waals surface area (Å²) >= 11 is 0. The highest BCUT2D eigenvalue weighted by Gasteiger charge is 2.12. The molecule has 106 valence electrons. The number of hydrogen-bond donors (Lipinski definition) is 2. The summed E-state index contributed by atoms with van der Waals surface area (Å²) in [7, 11) is 0. The van der Waals surface area contributed by atoms with Crippen LogP contribution in [0.3, 0.4) is 0 Å². The molecule has 2 aromatic rings. The second kappa shape index (κ2) is 6.31. The highest BCUT2D eigenvalue weighted by Crippen LogP contribution is 2.27. The molecule has 0 saturated heterocycles. The first-order valence-corrected chi connectivity index (χ1v) is 7.37. The molecule has 0 radical (unpaired) electrons. The Kier molecular flexibility index (Phi) is 4.06. The average Bonchev–Trinajstić information content (AvgIpc) is 2.53. The van der Waals surface area contributed by atoms with E-state index in [-0.39, 0.29) is 0 Å². The predicted molar refractivity (Wildman–Crippen MR) is 90.1 cm³/mol. The summed E-state index contributed by atoms with van der Waals surface area (Å²) in [4.78, 5) is 0. The van der Waals surface area contributed by atoms with E-state index in [4.69, 9.17) is 0 Å². The summed E-state index contributed by atoms with van der Waals surface area (Å²) in [5.74, 6) is 0. The van der Waals surface area contributed by atoms with Gasteiger partial charge in [-0.25, -0.2) is 0 Å². The Morgan fingerprint density at radius 3 is 1.95 bits per heavy atom. The van der Waals surface area contributed by atoms with Gasteiger partial charge in [0.25, 0.3) is 0 Å². The van der Waals surface area contributed by atoms with E-state index in [2.05, 4.69) is 60.0 Å². The van der Waals surface area contributed by atoms with Crippen molar-refractivity contribution in [2.24, 2.45) is 0 Å². The lowest BCUT2D eigenvalue weighted by molar-refractivity contribution is 0.925. The minimum atomic E-state index is 1.06. The first-order valence-electron chi connectivity index (χ1n) is 7.37. The molecule has 0 amide bonds. The van der Waals surface area contributed by atoms with Crippen LogP contribution in [0.15, 0.2) is 83.7 Å². The standard InChI is InChI=1S/C19H20N2/c1-15-18(20-16-9-4-2-5-10-16)13-8-14-19(15)21-17-11-6-3-7-12-17/h2-7,9-13,20-21H,8,14H2,1H3. The van der Waals surface area contributed by atoms with E-state index in [1.54, 1.807) is 0 Å². The van der Waals surface area contributed by atoms with E-state index in [9.17, 15) is 0 Å². The first kappa shape index (κ1) is 13.5. The van der Waals surface area contributed by atoms with Gasteiger partial charge in [0.1, 0.15) is 0 Å². The van der Waals surface area contributed by atoms with E-state index < -0.39 is 0 Å². The van der Waals surface area contributed by atoms with Gasteiger partial charge in [0.2, 0.25) is 0 Å². The second-order valence-electron chi connectivity index (χ2n) is 5.24. The fourth-order valence-corrected chi connectivity index (χ4v) is 2.54. The molecular weight excluding hydrogens is 256 g/mol. The van der Waals surface area contributed by atoms with Crippen LogP contribution < -0.4 is 10.6 Å². The Hall–Kier alpha value is -2.48. The van der Waals surface area contributed by atoms with Crippen molar-refractivity contribution in [3.05, 3.63) is 83.7 Å². The molecular formula is C19H20N2. The van der Waals surface area contributed by atoms with Crippen molar-refractivity contribution in [3.8, 4) is 0 Å². The van der Waals surface area contributed by atoms with Crippen LogP contribution in [0.1, 0.15) is 19.8 Å². The summed E-state index contributed by atoms with van der Waals surface area (Å²) in [5.41, 5.74) is 6.05. The zero-order valence-electron chi connectivity index (χ0n) is 12.3. The van der Waals surface area contributed by atoms with Crippen LogP contribution in [0.5, 0.6) is 0 Å². The van der Waals surface area contributed by atoms with Gasteiger partial charge in [-0.05, 0) is 49.6 Å². The molecule has 2 nitrogen and oxygen atoms in total. The maximum Gasteiger partial charge on any atom is 0.0391 e. The first-order chi connectivity index (χ1) is 10.3. The highest BCUT2D eigenvalue weighted by molar-refractivity contribution is 5.58. The Morgan fingerprint density at radius 2 is 1.33 bits per heavy atom. The van der Waals surface area contributed by atoms with Crippen LogP contribution in [0.4, 0.5) is 11.4 Å². The largest absolute Gasteiger partial charge is 0.359 e. The third-order valence-corrected chi connectivity index (χ3v) is 3.72. The van der Waals surface area contributed by atoms with Gasteiger partial charge < -0.3 is 10.6 Å². The third-order valence-electron chi connectivity index (χ3n) is 3.72. The zero-order valence-corrected chi connectivity index (χ0v) is 12.3. The number of rotatable bonds is 4. The maximum absolute atomic E-state index is 3.55. The lowest BCUT2D eigenvalue weighted by atomic mass is 10.0. The predicted octanol–water partition coefficient (Wildman–Crippen LogP) is 5.16. The van der Waals surface area contributed by atoms with Gasteiger partial charge in [-0.2, -0.15) is 0 Å². The molecule has 1 aliphatic carbocycles. The van der Waals surface area contributed by atoms with Gasteiger partial charge in [0.05, 0.1) is 0 Å². The molecule has 2 N–H and O–H groups in total. The minimum absolute atomic E-state index is 1.06. The Balaban J connectivity index is 1.78. The molecule has 3 rings (SSSR count). The molecule has 0 aromatic heterocycles. The Bertz CT molecular complexity index is 654. The normalized spacial score (nSPS) is 14.6. The van der Waals surface area contributed by atoms with Crippen LogP contribution in [0.2, 0.25) is 0 Å². The van der Waals surface area contributed by atoms with Gasteiger partial charge in [-0.1, -0.05) is 42.5 Å². The van der Waals surface area contributed by atoms with Crippen LogP contribution in [0.25, 0.3) is 0 Å². The molecule has 0 aliphatic heterocycles. The SMILES string of the molecule is CC1=C(Nc2ccccc2)CCC=C1Nc1ccccc1. The molecule has 21 heavy (non-hydrogen) atoms. The average molecular weight is 276 g/mol. The molecule has 1 aliphatic rings. The molecule has 0 spiro atoms. The minimum Gasteiger partial charge on any atom is -0.359 e. The van der Waals surface area contributed by atoms with Crippen LogP contribution in [-0.2, 0) is 0 Å². The van der Waals surface area contributed by atoms with Crippen molar-refractivity contribution in [1.82, 2.24) is 0 Å². The fourth-order valence-electron chi connectivity index (χ4n) is 2.54. The van der Waals surface area contributed by atoms with Crippen molar-refractivity contribution in [2.75, 3.05) is 10.6 Å². The highest BCUT2D eigenvalue weighted by atomic mass is 14.9. The summed E-state index contributed by atoms with van der Waals surface area (Å²) in [6.07, 6.45) is 4.39. The van der Waals surface area contributed by atoms with Crippen molar-refractivity contribution in [2.45, 2.75) is 19.8 Å². The molecule has 2 heteroatoms. The number of nitrogens with one attached hydrogen (secondary N) is 2. The number of para-hydroxylation sites is 2. The summed E-state index contributed by atoms with van der Waals surface area (Å²) in [6.45, 7) is 2.17. The van der Waals surface area contributed by atoms with E-state index in [1.165, 1.54) is 17.0 Å². The summed E-state index contributed by atoms with van der Waals surface area (Å²) < 4.78 is 0. The van der Waals surface area contributed by atoms with E-state index in [0.29, 0.717) is 0 Å². The molecule has 0 bridgehead atoms. The summed E-state index contributed by atoms with van der Waals surface area (Å²) in [5, 5.41) is 7.05. The molecule has 0 atom stereocenters. The van der Waals surface area contributed by atoms with Crippen molar-refractivity contribution in [3.63, 3.8) is 0 Å². The molecule has 0 unspecified atom stereocenters. The van der Waals surface area contributed by atoms with E-state index >= 15 is 0 Å². The number of anilines is 2.